The second-order valence-electron chi connectivity index (χ2n) is 4.10. The highest BCUT2D eigenvalue weighted by molar-refractivity contribution is 7.10. The van der Waals surface area contributed by atoms with E-state index in [9.17, 15) is 0 Å². The predicted octanol–water partition coefficient (Wildman–Crippen LogP) is 2.63. The Balaban J connectivity index is 1.94. The highest BCUT2D eigenvalue weighted by atomic mass is 32.1. The van der Waals surface area contributed by atoms with Gasteiger partial charge in [-0.15, -0.1) is 11.3 Å². The molecule has 0 aliphatic carbocycles. The summed E-state index contributed by atoms with van der Waals surface area (Å²) in [6.45, 7) is 6.91. The van der Waals surface area contributed by atoms with E-state index < -0.39 is 0 Å². The van der Waals surface area contributed by atoms with Crippen molar-refractivity contribution in [2.75, 3.05) is 18.9 Å². The molecule has 0 aliphatic heterocycles. The number of ether oxygens (including phenoxy) is 1. The maximum absolute atomic E-state index is 5.79. The van der Waals surface area contributed by atoms with Gasteiger partial charge in [0.2, 0.25) is 0 Å². The molecular formula is C12H22N2OS. The van der Waals surface area contributed by atoms with Gasteiger partial charge in [-0.05, 0) is 44.7 Å². The molecule has 0 saturated carbocycles. The number of nitrogens with two attached hydrogens (primary N) is 1. The minimum Gasteiger partial charge on any atom is -0.398 e. The molecule has 16 heavy (non-hydrogen) atoms. The molecule has 1 aromatic heterocycles. The van der Waals surface area contributed by atoms with Gasteiger partial charge in [-0.2, -0.15) is 0 Å². The lowest BCUT2D eigenvalue weighted by Crippen LogP contribution is -2.15. The first-order chi connectivity index (χ1) is 7.70. The Morgan fingerprint density at radius 1 is 1.44 bits per heavy atom. The smallest absolute Gasteiger partial charge is 0.0518 e. The fraction of sp³-hybridized carbons (Fsp3) is 0.667. The summed E-state index contributed by atoms with van der Waals surface area (Å²) >= 11 is 1.71. The first kappa shape index (κ1) is 13.5. The molecular weight excluding hydrogens is 220 g/mol. The number of hydrogen-bond donors (Lipinski definition) is 2. The normalized spacial score (nSPS) is 11.2. The van der Waals surface area contributed by atoms with Crippen molar-refractivity contribution >= 4 is 17.0 Å². The fourth-order valence-corrected chi connectivity index (χ4v) is 2.14. The Labute approximate surface area is 102 Å². The fourth-order valence-electron chi connectivity index (χ4n) is 1.37. The molecule has 1 rings (SSSR count). The summed E-state index contributed by atoms with van der Waals surface area (Å²) in [6, 6.07) is 1.96. The molecule has 0 radical (unpaired) electrons. The SMILES string of the molecule is CC(C)OCCCCNCc1sccc1N. The Kier molecular flexibility index (Phi) is 6.45. The van der Waals surface area contributed by atoms with Crippen LogP contribution in [0.25, 0.3) is 0 Å². The minimum atomic E-state index is 0.346. The summed E-state index contributed by atoms with van der Waals surface area (Å²) < 4.78 is 5.47. The van der Waals surface area contributed by atoms with Crippen LogP contribution in [0.5, 0.6) is 0 Å². The van der Waals surface area contributed by atoms with Crippen LogP contribution in [0.4, 0.5) is 5.69 Å². The van der Waals surface area contributed by atoms with Crippen LogP contribution in [0, 0.1) is 0 Å². The van der Waals surface area contributed by atoms with Gasteiger partial charge in [0.05, 0.1) is 6.10 Å². The van der Waals surface area contributed by atoms with E-state index in [4.69, 9.17) is 10.5 Å². The molecule has 0 atom stereocenters. The minimum absolute atomic E-state index is 0.346. The second-order valence-corrected chi connectivity index (χ2v) is 5.10. The lowest BCUT2D eigenvalue weighted by atomic mass is 10.3. The standard InChI is InChI=1S/C12H22N2OS/c1-10(2)15-7-4-3-6-14-9-12-11(13)5-8-16-12/h5,8,10,14H,3-4,6-7,9,13H2,1-2H3. The lowest BCUT2D eigenvalue weighted by Gasteiger charge is -2.07. The topological polar surface area (TPSA) is 47.3 Å². The molecule has 0 spiro atoms. The van der Waals surface area contributed by atoms with Crippen molar-refractivity contribution in [3.05, 3.63) is 16.3 Å². The zero-order chi connectivity index (χ0) is 11.8. The number of thiophene rings is 1. The van der Waals surface area contributed by atoms with Crippen LogP contribution < -0.4 is 11.1 Å². The van der Waals surface area contributed by atoms with E-state index in [2.05, 4.69) is 19.2 Å². The van der Waals surface area contributed by atoms with Gasteiger partial charge < -0.3 is 15.8 Å². The van der Waals surface area contributed by atoms with E-state index >= 15 is 0 Å². The summed E-state index contributed by atoms with van der Waals surface area (Å²) in [5, 5.41) is 5.42. The maximum atomic E-state index is 5.79. The molecule has 0 unspecified atom stereocenters. The molecule has 0 fully saturated rings. The molecule has 1 aromatic rings. The molecule has 3 nitrogen and oxygen atoms in total. The van der Waals surface area contributed by atoms with Crippen LogP contribution in [0.1, 0.15) is 31.6 Å². The quantitative estimate of drug-likeness (QED) is 0.689. The number of rotatable bonds is 8. The summed E-state index contributed by atoms with van der Waals surface area (Å²) in [4.78, 5) is 1.23. The Morgan fingerprint density at radius 3 is 2.88 bits per heavy atom. The van der Waals surface area contributed by atoms with Gasteiger partial charge in [-0.25, -0.2) is 0 Å². The van der Waals surface area contributed by atoms with Crippen LogP contribution in [0.15, 0.2) is 11.4 Å². The van der Waals surface area contributed by atoms with Gasteiger partial charge in [0.1, 0.15) is 0 Å². The highest BCUT2D eigenvalue weighted by Gasteiger charge is 1.99. The predicted molar refractivity (Wildman–Crippen MR) is 70.8 cm³/mol. The van der Waals surface area contributed by atoms with Crippen LogP contribution >= 0.6 is 11.3 Å². The van der Waals surface area contributed by atoms with E-state index in [1.165, 1.54) is 4.88 Å². The number of nitrogen functional groups attached to an aromatic ring is 1. The van der Waals surface area contributed by atoms with Gasteiger partial charge in [-0.1, -0.05) is 0 Å². The van der Waals surface area contributed by atoms with Gasteiger partial charge in [0.15, 0.2) is 0 Å². The monoisotopic (exact) mass is 242 g/mol. The van der Waals surface area contributed by atoms with Gasteiger partial charge in [-0.3, -0.25) is 0 Å². The van der Waals surface area contributed by atoms with Crippen LogP contribution in [-0.2, 0) is 11.3 Å². The second kappa shape index (κ2) is 7.65. The molecule has 4 heteroatoms. The number of unbranched alkanes of at least 4 members (excludes halogenated alkanes) is 1. The van der Waals surface area contributed by atoms with Crippen molar-refractivity contribution in [3.8, 4) is 0 Å². The molecule has 0 saturated heterocycles. The largest absolute Gasteiger partial charge is 0.398 e. The molecule has 0 bridgehead atoms. The number of hydrogen-bond acceptors (Lipinski definition) is 4. The third-order valence-electron chi connectivity index (χ3n) is 2.26. The van der Waals surface area contributed by atoms with Gasteiger partial charge in [0, 0.05) is 23.7 Å². The van der Waals surface area contributed by atoms with Gasteiger partial charge >= 0.3 is 0 Å². The molecule has 0 aliphatic rings. The molecule has 92 valence electrons. The Morgan fingerprint density at radius 2 is 2.25 bits per heavy atom. The summed E-state index contributed by atoms with van der Waals surface area (Å²) in [6.07, 6.45) is 2.61. The third kappa shape index (κ3) is 5.49. The van der Waals surface area contributed by atoms with Crippen LogP contribution in [0.3, 0.4) is 0 Å². The van der Waals surface area contributed by atoms with Crippen molar-refractivity contribution in [1.29, 1.82) is 0 Å². The summed E-state index contributed by atoms with van der Waals surface area (Å²) in [5.74, 6) is 0. The average molecular weight is 242 g/mol. The molecule has 1 heterocycles. The zero-order valence-corrected chi connectivity index (χ0v) is 11.0. The molecule has 0 amide bonds. The lowest BCUT2D eigenvalue weighted by molar-refractivity contribution is 0.0760. The number of anilines is 1. The highest BCUT2D eigenvalue weighted by Crippen LogP contribution is 2.17. The van der Waals surface area contributed by atoms with E-state index in [-0.39, 0.29) is 0 Å². The zero-order valence-electron chi connectivity index (χ0n) is 10.2. The van der Waals surface area contributed by atoms with Crippen molar-refractivity contribution < 1.29 is 4.74 Å². The van der Waals surface area contributed by atoms with Crippen molar-refractivity contribution in [3.63, 3.8) is 0 Å². The van der Waals surface area contributed by atoms with E-state index in [1.54, 1.807) is 11.3 Å². The maximum Gasteiger partial charge on any atom is 0.0518 e. The first-order valence-electron chi connectivity index (χ1n) is 5.84. The van der Waals surface area contributed by atoms with Crippen LogP contribution in [-0.4, -0.2) is 19.3 Å². The molecule has 3 N–H and O–H groups in total. The van der Waals surface area contributed by atoms with E-state index in [0.29, 0.717) is 6.10 Å². The summed E-state index contributed by atoms with van der Waals surface area (Å²) in [5.41, 5.74) is 6.69. The molecule has 0 aromatic carbocycles. The third-order valence-corrected chi connectivity index (χ3v) is 3.20. The van der Waals surface area contributed by atoms with Crippen molar-refractivity contribution in [1.82, 2.24) is 5.32 Å². The van der Waals surface area contributed by atoms with Crippen molar-refractivity contribution in [2.45, 2.75) is 39.3 Å². The first-order valence-corrected chi connectivity index (χ1v) is 6.72. The van der Waals surface area contributed by atoms with Gasteiger partial charge in [0.25, 0.3) is 0 Å². The van der Waals surface area contributed by atoms with E-state index in [1.807, 2.05) is 11.4 Å². The van der Waals surface area contributed by atoms with Crippen molar-refractivity contribution in [2.24, 2.45) is 0 Å². The Bertz CT molecular complexity index is 286. The van der Waals surface area contributed by atoms with E-state index in [0.717, 1.165) is 38.2 Å². The van der Waals surface area contributed by atoms with Crippen LogP contribution in [0.2, 0.25) is 0 Å². The summed E-state index contributed by atoms with van der Waals surface area (Å²) in [7, 11) is 0. The number of nitrogens with one attached hydrogen (secondary N) is 1. The Hall–Kier alpha value is -0.580. The average Bonchev–Trinajstić information content (AvgIpc) is 2.62.